The fourth-order valence-corrected chi connectivity index (χ4v) is 2.15. The van der Waals surface area contributed by atoms with E-state index in [-0.39, 0.29) is 22.8 Å². The van der Waals surface area contributed by atoms with Gasteiger partial charge in [0.25, 0.3) is 0 Å². The SMILES string of the molecule is C=C(C)Cc1c(Cl)cc(F)c(Oc2ccc(C=O)cc2)c1F. The molecule has 0 amide bonds. The van der Waals surface area contributed by atoms with Crippen LogP contribution < -0.4 is 4.74 Å². The second-order valence-electron chi connectivity index (χ2n) is 4.88. The van der Waals surface area contributed by atoms with Crippen molar-refractivity contribution >= 4 is 17.9 Å². The average molecular weight is 323 g/mol. The predicted octanol–water partition coefficient (Wildman–Crippen LogP) is 5.34. The molecule has 0 spiro atoms. The highest BCUT2D eigenvalue weighted by atomic mass is 35.5. The van der Waals surface area contributed by atoms with Crippen LogP contribution in [0.15, 0.2) is 42.5 Å². The minimum absolute atomic E-state index is 0.0124. The van der Waals surface area contributed by atoms with Crippen LogP contribution in [0.5, 0.6) is 11.5 Å². The maximum atomic E-state index is 14.4. The number of aldehydes is 1. The Bertz CT molecular complexity index is 724. The van der Waals surface area contributed by atoms with E-state index in [1.165, 1.54) is 24.3 Å². The van der Waals surface area contributed by atoms with E-state index in [9.17, 15) is 13.6 Å². The van der Waals surface area contributed by atoms with Crippen LogP contribution in [-0.2, 0) is 6.42 Å². The number of allylic oxidation sites excluding steroid dienone is 1. The third-order valence-corrected chi connectivity index (χ3v) is 3.27. The van der Waals surface area contributed by atoms with Crippen molar-refractivity contribution in [2.75, 3.05) is 0 Å². The van der Waals surface area contributed by atoms with E-state index in [0.29, 0.717) is 17.4 Å². The lowest BCUT2D eigenvalue weighted by Crippen LogP contribution is -2.00. The van der Waals surface area contributed by atoms with Crippen LogP contribution in [0.3, 0.4) is 0 Å². The minimum atomic E-state index is -0.896. The highest BCUT2D eigenvalue weighted by Gasteiger charge is 2.19. The number of hydrogen-bond donors (Lipinski definition) is 0. The molecule has 0 aliphatic carbocycles. The first-order chi connectivity index (χ1) is 10.4. The molecule has 0 fully saturated rings. The molecular weight excluding hydrogens is 310 g/mol. The molecule has 0 unspecified atom stereocenters. The fourth-order valence-electron chi connectivity index (χ4n) is 1.90. The third-order valence-electron chi connectivity index (χ3n) is 2.94. The van der Waals surface area contributed by atoms with Gasteiger partial charge in [-0.3, -0.25) is 4.79 Å². The molecule has 2 rings (SSSR count). The third kappa shape index (κ3) is 3.52. The zero-order valence-electron chi connectivity index (χ0n) is 11.8. The van der Waals surface area contributed by atoms with Gasteiger partial charge in [-0.15, -0.1) is 0 Å². The molecule has 0 bridgehead atoms. The van der Waals surface area contributed by atoms with Gasteiger partial charge in [0.15, 0.2) is 17.4 Å². The van der Waals surface area contributed by atoms with Crippen molar-refractivity contribution < 1.29 is 18.3 Å². The molecule has 0 saturated heterocycles. The highest BCUT2D eigenvalue weighted by Crippen LogP contribution is 2.34. The average Bonchev–Trinajstić information content (AvgIpc) is 2.48. The molecule has 2 nitrogen and oxygen atoms in total. The Kier molecular flexibility index (Phi) is 4.93. The Hall–Kier alpha value is -2.20. The standard InChI is InChI=1S/C17H13ClF2O2/c1-10(2)7-13-14(18)8-15(19)17(16(13)20)22-12-5-3-11(9-21)4-6-12/h3-6,8-9H,1,7H2,2H3. The summed E-state index contributed by atoms with van der Waals surface area (Å²) in [5, 5.41) is -0.0124. The maximum Gasteiger partial charge on any atom is 0.199 e. The van der Waals surface area contributed by atoms with E-state index in [4.69, 9.17) is 16.3 Å². The highest BCUT2D eigenvalue weighted by molar-refractivity contribution is 6.31. The summed E-state index contributed by atoms with van der Waals surface area (Å²) in [5.41, 5.74) is 1.26. The van der Waals surface area contributed by atoms with E-state index in [1.807, 2.05) is 0 Å². The second-order valence-corrected chi connectivity index (χ2v) is 5.29. The van der Waals surface area contributed by atoms with Crippen LogP contribution in [0, 0.1) is 11.6 Å². The number of ether oxygens (including phenoxy) is 1. The number of halogens is 3. The molecule has 0 atom stereocenters. The van der Waals surface area contributed by atoms with Crippen molar-refractivity contribution in [3.63, 3.8) is 0 Å². The molecule has 0 N–H and O–H groups in total. The summed E-state index contributed by atoms with van der Waals surface area (Å²) >= 11 is 5.88. The van der Waals surface area contributed by atoms with Gasteiger partial charge in [0.2, 0.25) is 0 Å². The summed E-state index contributed by atoms with van der Waals surface area (Å²) in [6, 6.07) is 6.90. The van der Waals surface area contributed by atoms with Crippen LogP contribution >= 0.6 is 11.6 Å². The van der Waals surface area contributed by atoms with Crippen LogP contribution in [0.4, 0.5) is 8.78 Å². The molecule has 0 aliphatic rings. The van der Waals surface area contributed by atoms with Gasteiger partial charge in [-0.05, 0) is 43.7 Å². The monoisotopic (exact) mass is 322 g/mol. The van der Waals surface area contributed by atoms with E-state index < -0.39 is 17.4 Å². The minimum Gasteiger partial charge on any atom is -0.451 e. The second kappa shape index (κ2) is 6.71. The van der Waals surface area contributed by atoms with Gasteiger partial charge in [0, 0.05) is 11.1 Å². The van der Waals surface area contributed by atoms with Gasteiger partial charge < -0.3 is 4.74 Å². The van der Waals surface area contributed by atoms with Crippen molar-refractivity contribution in [2.24, 2.45) is 0 Å². The predicted molar refractivity (Wildman–Crippen MR) is 81.8 cm³/mol. The Morgan fingerprint density at radius 2 is 1.95 bits per heavy atom. The van der Waals surface area contributed by atoms with Crippen molar-refractivity contribution in [2.45, 2.75) is 13.3 Å². The zero-order valence-corrected chi connectivity index (χ0v) is 12.6. The van der Waals surface area contributed by atoms with Crippen molar-refractivity contribution in [3.8, 4) is 11.5 Å². The van der Waals surface area contributed by atoms with Crippen LogP contribution in [-0.4, -0.2) is 6.29 Å². The van der Waals surface area contributed by atoms with Gasteiger partial charge in [-0.1, -0.05) is 23.8 Å². The molecule has 0 heterocycles. The molecule has 2 aromatic carbocycles. The topological polar surface area (TPSA) is 26.3 Å². The number of carbonyl (C=O) groups is 1. The number of hydrogen-bond acceptors (Lipinski definition) is 2. The Morgan fingerprint density at radius 3 is 2.50 bits per heavy atom. The lowest BCUT2D eigenvalue weighted by Gasteiger charge is -2.13. The van der Waals surface area contributed by atoms with Crippen LogP contribution in [0.25, 0.3) is 0 Å². The molecular formula is C17H13ClF2O2. The summed E-state index contributed by atoms with van der Waals surface area (Å²) in [5.74, 6) is -2.06. The molecule has 0 saturated carbocycles. The van der Waals surface area contributed by atoms with E-state index >= 15 is 0 Å². The molecule has 0 aliphatic heterocycles. The van der Waals surface area contributed by atoms with Gasteiger partial charge in [-0.2, -0.15) is 0 Å². The molecule has 0 radical (unpaired) electrons. The Balaban J connectivity index is 2.40. The zero-order chi connectivity index (χ0) is 16.3. The van der Waals surface area contributed by atoms with Crippen LogP contribution in [0.2, 0.25) is 5.02 Å². The smallest absolute Gasteiger partial charge is 0.199 e. The first-order valence-electron chi connectivity index (χ1n) is 6.46. The molecule has 0 aromatic heterocycles. The maximum absolute atomic E-state index is 14.4. The molecule has 5 heteroatoms. The molecule has 22 heavy (non-hydrogen) atoms. The summed E-state index contributed by atoms with van der Waals surface area (Å²) in [6.07, 6.45) is 0.851. The Labute approximate surface area is 132 Å². The van der Waals surface area contributed by atoms with Crippen molar-refractivity contribution in [1.82, 2.24) is 0 Å². The van der Waals surface area contributed by atoms with Gasteiger partial charge >= 0.3 is 0 Å². The van der Waals surface area contributed by atoms with E-state index in [0.717, 1.165) is 6.07 Å². The molecule has 2 aromatic rings. The van der Waals surface area contributed by atoms with Crippen LogP contribution in [0.1, 0.15) is 22.8 Å². The first kappa shape index (κ1) is 16.2. The van der Waals surface area contributed by atoms with E-state index in [1.54, 1.807) is 6.92 Å². The summed E-state index contributed by atoms with van der Waals surface area (Å²) < 4.78 is 33.6. The van der Waals surface area contributed by atoms with Gasteiger partial charge in [-0.25, -0.2) is 8.78 Å². The summed E-state index contributed by atoms with van der Waals surface area (Å²) in [4.78, 5) is 10.6. The normalized spacial score (nSPS) is 10.4. The lowest BCUT2D eigenvalue weighted by molar-refractivity contribution is 0.112. The van der Waals surface area contributed by atoms with Gasteiger partial charge in [0.05, 0.1) is 5.02 Å². The number of rotatable bonds is 5. The Morgan fingerprint density at radius 1 is 1.32 bits per heavy atom. The van der Waals surface area contributed by atoms with Crippen molar-refractivity contribution in [3.05, 3.63) is 70.3 Å². The quantitative estimate of drug-likeness (QED) is 0.548. The number of benzene rings is 2. The van der Waals surface area contributed by atoms with Gasteiger partial charge in [0.1, 0.15) is 12.0 Å². The number of carbonyl (C=O) groups excluding carboxylic acids is 1. The molecule has 114 valence electrons. The largest absolute Gasteiger partial charge is 0.451 e. The first-order valence-corrected chi connectivity index (χ1v) is 6.84. The van der Waals surface area contributed by atoms with E-state index in [2.05, 4.69) is 6.58 Å². The summed E-state index contributed by atoms with van der Waals surface area (Å²) in [6.45, 7) is 5.41. The fraction of sp³-hybridized carbons (Fsp3) is 0.118. The lowest BCUT2D eigenvalue weighted by atomic mass is 10.1. The summed E-state index contributed by atoms with van der Waals surface area (Å²) in [7, 11) is 0. The van der Waals surface area contributed by atoms with Crippen molar-refractivity contribution in [1.29, 1.82) is 0 Å².